The van der Waals surface area contributed by atoms with E-state index < -0.39 is 11.6 Å². The Labute approximate surface area is 164 Å². The van der Waals surface area contributed by atoms with Crippen LogP contribution in [-0.2, 0) is 0 Å². The van der Waals surface area contributed by atoms with E-state index in [0.29, 0.717) is 17.4 Å². The predicted octanol–water partition coefficient (Wildman–Crippen LogP) is 2.45. The number of rotatable bonds is 3. The third kappa shape index (κ3) is 7.04. The second-order valence-corrected chi connectivity index (χ2v) is 5.35. The van der Waals surface area contributed by atoms with Crippen LogP contribution in [-0.4, -0.2) is 35.6 Å². The number of benzene rings is 1. The first-order valence-electron chi connectivity index (χ1n) is 7.45. The van der Waals surface area contributed by atoms with Crippen LogP contribution in [0.15, 0.2) is 16.5 Å². The minimum absolute atomic E-state index is 0. The molecule has 0 bridgehead atoms. The topological polar surface area (TPSA) is 153 Å². The van der Waals surface area contributed by atoms with Gasteiger partial charge in [-0.15, -0.1) is 0 Å². The van der Waals surface area contributed by atoms with Gasteiger partial charge in [-0.05, 0) is 45.2 Å². The molecule has 9 N–H and O–H groups in total. The monoisotopic (exact) mass is 404 g/mol. The summed E-state index contributed by atoms with van der Waals surface area (Å²) in [6.45, 7) is 0.730. The van der Waals surface area contributed by atoms with Gasteiger partial charge in [-0.2, -0.15) is 18.5 Å². The lowest BCUT2D eigenvalue weighted by Crippen LogP contribution is -2.29. The van der Waals surface area contributed by atoms with Crippen LogP contribution in [0.1, 0.15) is 37.4 Å². The molecule has 0 unspecified atom stereocenters. The zero-order valence-electron chi connectivity index (χ0n) is 14.1. The van der Waals surface area contributed by atoms with Gasteiger partial charge in [0.05, 0.1) is 0 Å². The van der Waals surface area contributed by atoms with Gasteiger partial charge in [0.25, 0.3) is 6.01 Å². The van der Waals surface area contributed by atoms with E-state index in [2.05, 4.69) is 16.0 Å². The van der Waals surface area contributed by atoms with Crippen molar-refractivity contribution in [3.05, 3.63) is 23.8 Å². The molecule has 10 heteroatoms. The molecule has 3 rings (SSSR count). The number of fused-ring (bicyclic) bond motifs is 1. The first-order chi connectivity index (χ1) is 10.7. The van der Waals surface area contributed by atoms with Gasteiger partial charge in [0.1, 0.15) is 5.52 Å². The molecular formula is C16H38F2N4O3S. The third-order valence-electron chi connectivity index (χ3n) is 3.94. The lowest BCUT2D eigenvalue weighted by atomic mass is 9.86. The van der Waals surface area contributed by atoms with Crippen molar-refractivity contribution in [2.75, 3.05) is 18.9 Å². The van der Waals surface area contributed by atoms with Gasteiger partial charge in [0, 0.05) is 22.5 Å². The zero-order valence-corrected chi connectivity index (χ0v) is 15.1. The third-order valence-corrected chi connectivity index (χ3v) is 3.94. The Balaban J connectivity index is -0.000000143. The maximum Gasteiger partial charge on any atom is 0.295 e. The molecule has 0 atom stereocenters. The number of hydrogen-bond donors (Lipinski definition) is 3. The van der Waals surface area contributed by atoms with E-state index in [9.17, 15) is 8.78 Å². The number of hydrogen-bond acceptors (Lipinski definition) is 5. The van der Waals surface area contributed by atoms with Gasteiger partial charge in [-0.3, -0.25) is 0 Å². The van der Waals surface area contributed by atoms with Crippen molar-refractivity contribution in [1.29, 1.82) is 0 Å². The SMILES string of the molecule is C.CN.NCC1CCC(Nc2nc3cc(F)c(F)cc3o2)CC1.O.O.S.[HH].[HH].[HH]. The van der Waals surface area contributed by atoms with Gasteiger partial charge in [0.15, 0.2) is 17.2 Å². The number of oxazole rings is 1. The molecular weight excluding hydrogens is 366 g/mol. The quantitative estimate of drug-likeness (QED) is 0.717. The minimum Gasteiger partial charge on any atom is -0.423 e. The number of anilines is 1. The number of nitrogens with zero attached hydrogens (tertiary/aromatic N) is 1. The lowest BCUT2D eigenvalue weighted by molar-refractivity contribution is 0.341. The predicted molar refractivity (Wildman–Crippen MR) is 113 cm³/mol. The summed E-state index contributed by atoms with van der Waals surface area (Å²) in [5.41, 5.74) is 10.7. The van der Waals surface area contributed by atoms with Crippen LogP contribution in [0.5, 0.6) is 0 Å². The van der Waals surface area contributed by atoms with E-state index in [1.165, 1.54) is 7.05 Å². The summed E-state index contributed by atoms with van der Waals surface area (Å²) >= 11 is 0. The second-order valence-electron chi connectivity index (χ2n) is 5.35. The Bertz CT molecular complexity index is 598. The van der Waals surface area contributed by atoms with E-state index in [1.807, 2.05) is 0 Å². The minimum atomic E-state index is -0.927. The first kappa shape index (κ1) is 29.3. The highest BCUT2D eigenvalue weighted by Crippen LogP contribution is 2.27. The molecule has 1 fully saturated rings. The standard InChI is InChI=1S/C14H17F2N3O.CH5N.CH4.2H2O.H2S.3H2/c15-10-5-12-13(6-11(10)16)20-14(19-12)18-9-3-1-8(7-17)2-4-9;1-2;;;;;;;/h5-6,8-9H,1-4,7,17H2,(H,18,19);2H2,1H3;1H4;3*1H2;3*1H. The van der Waals surface area contributed by atoms with E-state index in [-0.39, 0.29) is 47.8 Å². The first-order valence-corrected chi connectivity index (χ1v) is 7.45. The summed E-state index contributed by atoms with van der Waals surface area (Å²) in [7, 11) is 1.50. The molecule has 1 aromatic heterocycles. The Kier molecular flexibility index (Phi) is 15.4. The van der Waals surface area contributed by atoms with Crippen molar-refractivity contribution in [3.8, 4) is 0 Å². The number of nitrogens with one attached hydrogen (secondary N) is 1. The number of aromatic nitrogens is 1. The number of nitrogens with two attached hydrogens (primary N) is 2. The molecule has 1 saturated carbocycles. The highest BCUT2D eigenvalue weighted by atomic mass is 32.1. The Morgan fingerprint density at radius 1 is 1.15 bits per heavy atom. The molecule has 2 aromatic rings. The Hall–Kier alpha value is -1.46. The van der Waals surface area contributed by atoms with Crippen LogP contribution in [0.3, 0.4) is 0 Å². The molecule has 1 aliphatic carbocycles. The van der Waals surface area contributed by atoms with Crippen molar-refractivity contribution in [2.24, 2.45) is 17.4 Å². The lowest BCUT2D eigenvalue weighted by Gasteiger charge is -2.27. The molecule has 0 saturated heterocycles. The maximum absolute atomic E-state index is 13.1. The molecule has 0 amide bonds. The summed E-state index contributed by atoms with van der Waals surface area (Å²) in [4.78, 5) is 4.14. The molecule has 160 valence electrons. The molecule has 1 heterocycles. The van der Waals surface area contributed by atoms with Crippen LogP contribution >= 0.6 is 13.5 Å². The van der Waals surface area contributed by atoms with Crippen molar-refractivity contribution in [3.63, 3.8) is 0 Å². The zero-order chi connectivity index (χ0) is 16.1. The Morgan fingerprint density at radius 2 is 1.69 bits per heavy atom. The van der Waals surface area contributed by atoms with Crippen molar-refractivity contribution >= 4 is 30.6 Å². The fraction of sp³-hybridized carbons (Fsp3) is 0.562. The highest BCUT2D eigenvalue weighted by Gasteiger charge is 2.21. The average Bonchev–Trinajstić information content (AvgIpc) is 2.91. The molecule has 26 heavy (non-hydrogen) atoms. The highest BCUT2D eigenvalue weighted by molar-refractivity contribution is 7.59. The normalized spacial score (nSPS) is 18.0. The smallest absolute Gasteiger partial charge is 0.295 e. The summed E-state index contributed by atoms with van der Waals surface area (Å²) in [5.74, 6) is -1.25. The van der Waals surface area contributed by atoms with E-state index >= 15 is 0 Å². The van der Waals surface area contributed by atoms with Crippen LogP contribution in [0.2, 0.25) is 0 Å². The van der Waals surface area contributed by atoms with Crippen LogP contribution in [0, 0.1) is 17.6 Å². The van der Waals surface area contributed by atoms with Crippen molar-refractivity contribution < 1.29 is 28.4 Å². The molecule has 0 spiro atoms. The van der Waals surface area contributed by atoms with E-state index in [0.717, 1.165) is 44.4 Å². The van der Waals surface area contributed by atoms with Gasteiger partial charge >= 0.3 is 0 Å². The average molecular weight is 405 g/mol. The summed E-state index contributed by atoms with van der Waals surface area (Å²) < 4.78 is 31.6. The molecule has 1 aromatic carbocycles. The van der Waals surface area contributed by atoms with E-state index in [1.54, 1.807) is 0 Å². The van der Waals surface area contributed by atoms with Crippen molar-refractivity contribution in [1.82, 2.24) is 4.98 Å². The van der Waals surface area contributed by atoms with Crippen molar-refractivity contribution in [2.45, 2.75) is 39.2 Å². The molecule has 7 nitrogen and oxygen atoms in total. The van der Waals surface area contributed by atoms with Crippen LogP contribution in [0.25, 0.3) is 11.1 Å². The summed E-state index contributed by atoms with van der Waals surface area (Å²) in [6.07, 6.45) is 4.17. The fourth-order valence-corrected chi connectivity index (χ4v) is 2.70. The number of halogens is 2. The van der Waals surface area contributed by atoms with E-state index in [4.69, 9.17) is 10.2 Å². The summed E-state index contributed by atoms with van der Waals surface area (Å²) in [5, 5.41) is 3.19. The van der Waals surface area contributed by atoms with Crippen LogP contribution in [0.4, 0.5) is 14.8 Å². The van der Waals surface area contributed by atoms with Gasteiger partial charge in [-0.25, -0.2) is 8.78 Å². The summed E-state index contributed by atoms with van der Waals surface area (Å²) in [6, 6.07) is 2.67. The second kappa shape index (κ2) is 13.7. The fourth-order valence-electron chi connectivity index (χ4n) is 2.70. The molecule has 0 radical (unpaired) electrons. The van der Waals surface area contributed by atoms with Gasteiger partial charge in [-0.1, -0.05) is 7.43 Å². The molecule has 0 aliphatic heterocycles. The largest absolute Gasteiger partial charge is 0.423 e. The molecule has 1 aliphatic rings. The Morgan fingerprint density at radius 3 is 2.23 bits per heavy atom. The van der Waals surface area contributed by atoms with Crippen LogP contribution < -0.4 is 16.8 Å². The van der Waals surface area contributed by atoms with Gasteiger partial charge < -0.3 is 32.2 Å². The maximum atomic E-state index is 13.1. The van der Waals surface area contributed by atoms with Gasteiger partial charge in [0.2, 0.25) is 0 Å².